The van der Waals surface area contributed by atoms with Crippen LogP contribution in [0.25, 0.3) is 0 Å². The summed E-state index contributed by atoms with van der Waals surface area (Å²) in [7, 11) is 0. The number of quaternary nitrogens is 1. The number of nitrogens with zero attached hydrogens (tertiary/aromatic N) is 1. The minimum Gasteiger partial charge on any atom is -0.375 e. The van der Waals surface area contributed by atoms with E-state index in [2.05, 4.69) is 0 Å². The number of amides is 1. The molecule has 2 aromatic rings. The van der Waals surface area contributed by atoms with Crippen LogP contribution in [0.1, 0.15) is 22.8 Å². The van der Waals surface area contributed by atoms with Gasteiger partial charge in [-0.2, -0.15) is 0 Å². The van der Waals surface area contributed by atoms with Gasteiger partial charge in [-0.1, -0.05) is 36.7 Å². The van der Waals surface area contributed by atoms with Crippen molar-refractivity contribution < 1.29 is 24.3 Å². The van der Waals surface area contributed by atoms with Gasteiger partial charge in [-0.25, -0.2) is 0 Å². The number of anilines is 1. The lowest BCUT2D eigenvalue weighted by Crippen LogP contribution is -3.15. The van der Waals surface area contributed by atoms with Crippen molar-refractivity contribution in [3.05, 3.63) is 64.7 Å². The number of ether oxygens (including phenoxy) is 1. The van der Waals surface area contributed by atoms with E-state index in [1.165, 1.54) is 4.90 Å². The van der Waals surface area contributed by atoms with Gasteiger partial charge in [0.05, 0.1) is 24.8 Å². The summed E-state index contributed by atoms with van der Waals surface area (Å²) in [5, 5.41) is 12.1. The molecule has 2 aliphatic rings. The van der Waals surface area contributed by atoms with Crippen LogP contribution in [0.5, 0.6) is 0 Å². The molecule has 6 nitrogen and oxygen atoms in total. The monoisotopic (exact) mass is 415 g/mol. The van der Waals surface area contributed by atoms with Crippen LogP contribution in [0.4, 0.5) is 5.69 Å². The van der Waals surface area contributed by atoms with Gasteiger partial charge in [-0.15, -0.1) is 0 Å². The van der Waals surface area contributed by atoms with E-state index in [0.29, 0.717) is 41.7 Å². The molecule has 0 bridgehead atoms. The van der Waals surface area contributed by atoms with E-state index < -0.39 is 17.4 Å². The summed E-state index contributed by atoms with van der Waals surface area (Å²) >= 11 is 5.92. The molecular formula is C22H24ClN2O4+. The number of morpholine rings is 1. The first-order chi connectivity index (χ1) is 13.9. The van der Waals surface area contributed by atoms with Crippen molar-refractivity contribution in [1.82, 2.24) is 0 Å². The van der Waals surface area contributed by atoms with Gasteiger partial charge >= 0.3 is 0 Å². The van der Waals surface area contributed by atoms with Crippen molar-refractivity contribution >= 4 is 29.0 Å². The molecule has 29 heavy (non-hydrogen) atoms. The molecule has 0 aliphatic carbocycles. The number of halogens is 1. The van der Waals surface area contributed by atoms with Crippen molar-refractivity contribution in [2.45, 2.75) is 12.5 Å². The lowest BCUT2D eigenvalue weighted by Gasteiger charge is -2.31. The van der Waals surface area contributed by atoms with E-state index in [4.69, 9.17) is 16.3 Å². The summed E-state index contributed by atoms with van der Waals surface area (Å²) in [4.78, 5) is 29.4. The smallest absolute Gasteiger partial charge is 0.268 e. The number of para-hydroxylation sites is 1. The molecule has 1 saturated heterocycles. The number of hydrogen-bond acceptors (Lipinski definition) is 4. The normalized spacial score (nSPS) is 23.1. The molecule has 0 spiro atoms. The molecule has 2 aliphatic heterocycles. The molecule has 152 valence electrons. The number of rotatable bonds is 5. The molecular weight excluding hydrogens is 392 g/mol. The largest absolute Gasteiger partial charge is 0.375 e. The number of aliphatic hydroxyl groups is 1. The predicted molar refractivity (Wildman–Crippen MR) is 109 cm³/mol. The van der Waals surface area contributed by atoms with Gasteiger partial charge in [0.1, 0.15) is 13.1 Å². The maximum absolute atomic E-state index is 13.4. The second kappa shape index (κ2) is 7.88. The van der Waals surface area contributed by atoms with Gasteiger partial charge in [0.15, 0.2) is 18.1 Å². The third-order valence-electron chi connectivity index (χ3n) is 5.91. The molecule has 0 radical (unpaired) electrons. The second-order valence-corrected chi connectivity index (χ2v) is 8.07. The lowest BCUT2D eigenvalue weighted by molar-refractivity contribution is -0.906. The van der Waals surface area contributed by atoms with Crippen molar-refractivity contribution in [2.24, 2.45) is 5.92 Å². The molecule has 0 aromatic heterocycles. The van der Waals surface area contributed by atoms with E-state index in [0.717, 1.165) is 13.1 Å². The molecule has 2 aromatic carbocycles. The summed E-state index contributed by atoms with van der Waals surface area (Å²) < 4.78 is 5.40. The highest BCUT2D eigenvalue weighted by molar-refractivity contribution is 6.30. The highest BCUT2D eigenvalue weighted by Crippen LogP contribution is 2.45. The van der Waals surface area contributed by atoms with Gasteiger partial charge in [-0.3, -0.25) is 14.5 Å². The maximum Gasteiger partial charge on any atom is 0.268 e. The zero-order valence-electron chi connectivity index (χ0n) is 16.2. The highest BCUT2D eigenvalue weighted by atomic mass is 35.5. The van der Waals surface area contributed by atoms with Crippen LogP contribution in [-0.2, 0) is 15.1 Å². The Balaban J connectivity index is 1.67. The number of fused-ring (bicyclic) bond motifs is 1. The number of nitrogens with one attached hydrogen (secondary N) is 1. The third-order valence-corrected chi connectivity index (χ3v) is 6.16. The Morgan fingerprint density at radius 1 is 1.21 bits per heavy atom. The summed E-state index contributed by atoms with van der Waals surface area (Å²) in [6, 6.07) is 13.7. The zero-order chi connectivity index (χ0) is 20.6. The van der Waals surface area contributed by atoms with Gasteiger partial charge in [-0.05, 0) is 30.3 Å². The third kappa shape index (κ3) is 3.46. The fourth-order valence-corrected chi connectivity index (χ4v) is 4.26. The minimum atomic E-state index is -1.90. The molecule has 0 saturated carbocycles. The first-order valence-electron chi connectivity index (χ1n) is 9.78. The average molecular weight is 416 g/mol. The van der Waals surface area contributed by atoms with Crippen molar-refractivity contribution in [3.63, 3.8) is 0 Å². The quantitative estimate of drug-likeness (QED) is 0.721. The Labute approximate surface area is 174 Å². The molecule has 0 unspecified atom stereocenters. The van der Waals surface area contributed by atoms with Gasteiger partial charge in [0.25, 0.3) is 5.91 Å². The Morgan fingerprint density at radius 2 is 1.86 bits per heavy atom. The molecule has 1 fully saturated rings. The molecule has 7 heteroatoms. The molecule has 2 atom stereocenters. The maximum atomic E-state index is 13.4. The zero-order valence-corrected chi connectivity index (χ0v) is 17.0. The van der Waals surface area contributed by atoms with Gasteiger partial charge in [0, 0.05) is 16.1 Å². The summed E-state index contributed by atoms with van der Waals surface area (Å²) in [6.45, 7) is 4.93. The molecule has 1 amide bonds. The Kier molecular flexibility index (Phi) is 5.44. The second-order valence-electron chi connectivity index (χ2n) is 7.63. The summed E-state index contributed by atoms with van der Waals surface area (Å²) in [5.41, 5.74) is -0.348. The molecule has 4 rings (SSSR count). The number of ketones is 1. The van der Waals surface area contributed by atoms with Crippen LogP contribution in [0, 0.1) is 5.92 Å². The number of benzene rings is 2. The number of carbonyl (C=O) groups excluding carboxylic acids is 2. The Bertz CT molecular complexity index is 927. The topological polar surface area (TPSA) is 71.3 Å². The van der Waals surface area contributed by atoms with Crippen molar-refractivity contribution in [2.75, 3.05) is 37.9 Å². The first-order valence-corrected chi connectivity index (χ1v) is 10.2. The average Bonchev–Trinajstić information content (AvgIpc) is 2.97. The van der Waals surface area contributed by atoms with Crippen molar-refractivity contribution in [3.8, 4) is 0 Å². The van der Waals surface area contributed by atoms with Crippen LogP contribution in [-0.4, -0.2) is 49.8 Å². The van der Waals surface area contributed by atoms with Gasteiger partial charge in [0.2, 0.25) is 0 Å². The summed E-state index contributed by atoms with van der Waals surface area (Å²) in [5.74, 6) is -1.69. The van der Waals surface area contributed by atoms with Crippen LogP contribution in [0.2, 0.25) is 5.02 Å². The number of carbonyl (C=O) groups is 2. The molecule has 2 N–H and O–H groups in total. The first kappa shape index (κ1) is 20.0. The number of hydrogen-bond donors (Lipinski definition) is 2. The van der Waals surface area contributed by atoms with Crippen LogP contribution < -0.4 is 9.80 Å². The van der Waals surface area contributed by atoms with E-state index in [9.17, 15) is 14.7 Å². The molecule has 2 heterocycles. The van der Waals surface area contributed by atoms with E-state index in [-0.39, 0.29) is 5.78 Å². The van der Waals surface area contributed by atoms with Crippen molar-refractivity contribution in [1.29, 1.82) is 0 Å². The highest BCUT2D eigenvalue weighted by Gasteiger charge is 2.56. The van der Waals surface area contributed by atoms with Crippen LogP contribution in [0.3, 0.4) is 0 Å². The minimum absolute atomic E-state index is 0.298. The Hall–Kier alpha value is -2.25. The van der Waals surface area contributed by atoms with Crippen LogP contribution >= 0.6 is 11.6 Å². The van der Waals surface area contributed by atoms with E-state index in [1.54, 1.807) is 48.2 Å². The van der Waals surface area contributed by atoms with Gasteiger partial charge < -0.3 is 14.7 Å². The summed E-state index contributed by atoms with van der Waals surface area (Å²) in [6.07, 6.45) is 0. The lowest BCUT2D eigenvalue weighted by atomic mass is 9.79. The standard InChI is InChI=1S/C22H23ClN2O4/c1-15(20(26)16-6-8-17(23)9-7-16)22(28)18-4-2-3-5-19(18)25(21(22)27)14-24-10-12-29-13-11-24/h2-9,15,28H,10-14H2,1H3/p+1/t15-,22-/m1/s1. The van der Waals surface area contributed by atoms with E-state index in [1.807, 2.05) is 12.1 Å². The van der Waals surface area contributed by atoms with E-state index >= 15 is 0 Å². The number of Topliss-reactive ketones (excluding diaryl/α,β-unsaturated/α-hetero) is 1. The fraction of sp³-hybridized carbons (Fsp3) is 0.364. The predicted octanol–water partition coefficient (Wildman–Crippen LogP) is 1.27. The Morgan fingerprint density at radius 3 is 2.55 bits per heavy atom. The SMILES string of the molecule is C[C@H](C(=O)c1ccc(Cl)cc1)[C@]1(O)C(=O)N(C[NH+]2CCOCC2)c2ccccc21. The fourth-order valence-electron chi connectivity index (χ4n) is 4.13. The van der Waals surface area contributed by atoms with Crippen LogP contribution in [0.15, 0.2) is 48.5 Å².